The summed E-state index contributed by atoms with van der Waals surface area (Å²) in [5.41, 5.74) is 3.75. The van der Waals surface area contributed by atoms with Crippen LogP contribution in [0.2, 0.25) is 0 Å². The van der Waals surface area contributed by atoms with Crippen molar-refractivity contribution in [3.05, 3.63) is 119 Å². The Bertz CT molecular complexity index is 1190. The molecule has 0 bridgehead atoms. The van der Waals surface area contributed by atoms with Crippen molar-refractivity contribution in [3.8, 4) is 0 Å². The molecule has 2 aliphatic heterocycles. The number of allylic oxidation sites excluding steroid dienone is 4. The van der Waals surface area contributed by atoms with Gasteiger partial charge in [-0.15, -0.1) is 0 Å². The summed E-state index contributed by atoms with van der Waals surface area (Å²) < 4.78 is 11.9. The molecule has 0 aromatic heterocycles. The summed E-state index contributed by atoms with van der Waals surface area (Å²) in [5, 5.41) is 22.6. The molecule has 2 aliphatic carbocycles. The van der Waals surface area contributed by atoms with E-state index < -0.39 is 24.0 Å². The minimum absolute atomic E-state index is 0.0761. The maximum Gasteiger partial charge on any atom is 0.213 e. The molecule has 4 aliphatic rings. The zero-order chi connectivity index (χ0) is 24.5. The summed E-state index contributed by atoms with van der Waals surface area (Å²) in [5.74, 6) is 0.202. The van der Waals surface area contributed by atoms with Crippen LogP contribution in [0.1, 0.15) is 23.2 Å². The van der Waals surface area contributed by atoms with E-state index in [1.54, 1.807) is 0 Å². The molecule has 0 spiro atoms. The highest BCUT2D eigenvalue weighted by Crippen LogP contribution is 2.37. The molecule has 6 heteroatoms. The Hall–Kier alpha value is -3.74. The number of aliphatic hydroxyl groups is 2. The van der Waals surface area contributed by atoms with E-state index in [-0.39, 0.29) is 12.1 Å². The Morgan fingerprint density at radius 3 is 1.47 bits per heavy atom. The zero-order valence-electron chi connectivity index (χ0n) is 19.7. The second kappa shape index (κ2) is 9.72. The molecule has 182 valence electrons. The van der Waals surface area contributed by atoms with E-state index in [1.165, 1.54) is 0 Å². The fourth-order valence-electron chi connectivity index (χ4n) is 5.19. The minimum atomic E-state index is -1.06. The first-order chi connectivity index (χ1) is 17.7. The lowest BCUT2D eigenvalue weighted by molar-refractivity contribution is -0.0110. The summed E-state index contributed by atoms with van der Waals surface area (Å²) in [4.78, 5) is 9.55. The number of benzene rings is 2. The van der Waals surface area contributed by atoms with Crippen molar-refractivity contribution in [3.63, 3.8) is 0 Å². The number of rotatable bonds is 7. The topological polar surface area (TPSA) is 83.6 Å². The van der Waals surface area contributed by atoms with Crippen LogP contribution in [0.5, 0.6) is 0 Å². The van der Waals surface area contributed by atoms with Crippen LogP contribution >= 0.6 is 0 Å². The molecular formula is C30H28N2O4. The largest absolute Gasteiger partial charge is 0.475 e. The molecule has 6 atom stereocenters. The number of aliphatic imine (C=N–C) groups is 2. The van der Waals surface area contributed by atoms with Crippen molar-refractivity contribution in [2.45, 2.75) is 24.3 Å². The van der Waals surface area contributed by atoms with Gasteiger partial charge in [0.05, 0.1) is 12.2 Å². The van der Waals surface area contributed by atoms with Gasteiger partial charge in [0.1, 0.15) is 25.3 Å². The number of aliphatic hydroxyl groups excluding tert-OH is 2. The van der Waals surface area contributed by atoms with Crippen LogP contribution in [0.25, 0.3) is 0 Å². The third-order valence-corrected chi connectivity index (χ3v) is 7.16. The molecule has 0 saturated heterocycles. The van der Waals surface area contributed by atoms with Crippen LogP contribution in [0.4, 0.5) is 0 Å². The number of hydrogen-bond donors (Lipinski definition) is 2. The van der Waals surface area contributed by atoms with Gasteiger partial charge in [-0.1, -0.05) is 97.1 Å². The van der Waals surface area contributed by atoms with Gasteiger partial charge in [-0.2, -0.15) is 0 Å². The number of hydrogen-bond acceptors (Lipinski definition) is 6. The molecule has 2 aromatic carbocycles. The van der Waals surface area contributed by atoms with Gasteiger partial charge >= 0.3 is 0 Å². The van der Waals surface area contributed by atoms with E-state index in [0.29, 0.717) is 25.0 Å². The Morgan fingerprint density at radius 1 is 0.639 bits per heavy atom. The first-order valence-electron chi connectivity index (χ1n) is 12.3. The van der Waals surface area contributed by atoms with E-state index >= 15 is 0 Å². The molecule has 2 heterocycles. The van der Waals surface area contributed by atoms with E-state index in [2.05, 4.69) is 0 Å². The molecule has 36 heavy (non-hydrogen) atoms. The first-order valence-corrected chi connectivity index (χ1v) is 12.3. The van der Waals surface area contributed by atoms with E-state index in [9.17, 15) is 10.2 Å². The average molecular weight is 481 g/mol. The van der Waals surface area contributed by atoms with E-state index in [1.807, 2.05) is 97.1 Å². The van der Waals surface area contributed by atoms with Crippen LogP contribution in [0, 0.1) is 11.8 Å². The SMILES string of the molecule is O[C@H](C1C=CC=C1C1=N[C@@H](c2ccccc2)CO1)[C@H](O)C1C=CC=C1C1=N[C@@H](c2ccccc2)CO1. The predicted molar refractivity (Wildman–Crippen MR) is 139 cm³/mol. The zero-order valence-corrected chi connectivity index (χ0v) is 19.7. The van der Waals surface area contributed by atoms with Crippen molar-refractivity contribution in [1.29, 1.82) is 0 Å². The molecule has 0 fully saturated rings. The normalized spacial score (nSPS) is 28.2. The standard InChI is InChI=1S/C30H28N2O4/c33-27(21-13-7-15-23(21)29-31-25(17-35-29)19-9-3-1-4-10-19)28(34)22-14-8-16-24(22)30-32-26(18-36-30)20-11-5-2-6-12-20/h1-16,21-22,25-28,33-34H,17-18H2/t21?,22?,25-,26-,27-,28-/m1/s1. The van der Waals surface area contributed by atoms with Gasteiger partial charge in [0.25, 0.3) is 0 Å². The lowest BCUT2D eigenvalue weighted by Crippen LogP contribution is -2.40. The highest BCUT2D eigenvalue weighted by Gasteiger charge is 2.40. The minimum Gasteiger partial charge on any atom is -0.475 e. The number of nitrogens with zero attached hydrogens (tertiary/aromatic N) is 2. The number of ether oxygens (including phenoxy) is 2. The average Bonchev–Trinajstić information content (AvgIpc) is 3.74. The summed E-state index contributed by atoms with van der Waals surface area (Å²) in [7, 11) is 0. The van der Waals surface area contributed by atoms with Gasteiger partial charge in [-0.25, -0.2) is 9.98 Å². The van der Waals surface area contributed by atoms with Crippen molar-refractivity contribution in [1.82, 2.24) is 0 Å². The lowest BCUT2D eigenvalue weighted by atomic mass is 9.84. The van der Waals surface area contributed by atoms with Gasteiger partial charge in [-0.05, 0) is 11.1 Å². The van der Waals surface area contributed by atoms with Crippen molar-refractivity contribution >= 4 is 11.8 Å². The van der Waals surface area contributed by atoms with Crippen molar-refractivity contribution < 1.29 is 19.7 Å². The maximum absolute atomic E-state index is 11.3. The van der Waals surface area contributed by atoms with Crippen LogP contribution in [-0.2, 0) is 9.47 Å². The molecule has 6 nitrogen and oxygen atoms in total. The van der Waals surface area contributed by atoms with Crippen LogP contribution in [0.15, 0.2) is 118 Å². The maximum atomic E-state index is 11.3. The van der Waals surface area contributed by atoms with Gasteiger partial charge in [-0.3, -0.25) is 0 Å². The van der Waals surface area contributed by atoms with E-state index in [4.69, 9.17) is 19.5 Å². The smallest absolute Gasteiger partial charge is 0.213 e. The fraction of sp³-hybridized carbons (Fsp3) is 0.267. The summed E-state index contributed by atoms with van der Waals surface area (Å²) in [6, 6.07) is 19.9. The highest BCUT2D eigenvalue weighted by atomic mass is 16.5. The Labute approximate surface area is 210 Å². The highest BCUT2D eigenvalue weighted by molar-refractivity contribution is 5.97. The summed E-state index contributed by atoms with van der Waals surface area (Å²) in [6.45, 7) is 0.917. The first kappa shape index (κ1) is 22.7. The second-order valence-electron chi connectivity index (χ2n) is 9.39. The lowest BCUT2D eigenvalue weighted by Gasteiger charge is -2.29. The predicted octanol–water partition coefficient (Wildman–Crippen LogP) is 4.27. The van der Waals surface area contributed by atoms with Crippen LogP contribution < -0.4 is 0 Å². The monoisotopic (exact) mass is 480 g/mol. The molecule has 2 unspecified atom stereocenters. The van der Waals surface area contributed by atoms with Gasteiger partial charge in [0.2, 0.25) is 11.8 Å². The molecule has 2 N–H and O–H groups in total. The second-order valence-corrected chi connectivity index (χ2v) is 9.39. The van der Waals surface area contributed by atoms with Gasteiger partial charge < -0.3 is 19.7 Å². The Kier molecular flexibility index (Phi) is 6.13. The quantitative estimate of drug-likeness (QED) is 0.620. The van der Waals surface area contributed by atoms with Crippen molar-refractivity contribution in [2.75, 3.05) is 13.2 Å². The molecule has 2 aromatic rings. The van der Waals surface area contributed by atoms with Crippen molar-refractivity contribution in [2.24, 2.45) is 21.8 Å². The third kappa shape index (κ3) is 4.23. The molecule has 0 radical (unpaired) electrons. The van der Waals surface area contributed by atoms with Crippen LogP contribution in [-0.4, -0.2) is 47.4 Å². The molecule has 0 saturated carbocycles. The third-order valence-electron chi connectivity index (χ3n) is 7.16. The Morgan fingerprint density at radius 2 is 1.06 bits per heavy atom. The van der Waals surface area contributed by atoms with Gasteiger partial charge in [0.15, 0.2) is 0 Å². The molecule has 6 rings (SSSR count). The van der Waals surface area contributed by atoms with Crippen LogP contribution in [0.3, 0.4) is 0 Å². The Balaban J connectivity index is 1.17. The van der Waals surface area contributed by atoms with Gasteiger partial charge in [0, 0.05) is 23.0 Å². The molecular weight excluding hydrogens is 452 g/mol. The fourth-order valence-corrected chi connectivity index (χ4v) is 5.19. The summed E-state index contributed by atoms with van der Waals surface area (Å²) >= 11 is 0. The summed E-state index contributed by atoms with van der Waals surface area (Å²) in [6.07, 6.45) is 9.25. The molecule has 0 amide bonds. The van der Waals surface area contributed by atoms with E-state index in [0.717, 1.165) is 22.3 Å².